The lowest BCUT2D eigenvalue weighted by Gasteiger charge is -2.09. The van der Waals surface area contributed by atoms with Gasteiger partial charge in [0.15, 0.2) is 0 Å². The molecule has 0 aromatic heterocycles. The summed E-state index contributed by atoms with van der Waals surface area (Å²) in [6.45, 7) is 2.03. The molecule has 0 saturated heterocycles. The fourth-order valence-corrected chi connectivity index (χ4v) is 2.30. The molecule has 3 nitrogen and oxygen atoms in total. The first-order valence-electron chi connectivity index (χ1n) is 7.42. The van der Waals surface area contributed by atoms with E-state index in [1.54, 1.807) is 0 Å². The summed E-state index contributed by atoms with van der Waals surface area (Å²) in [5, 5.41) is 6.38. The molecule has 0 atom stereocenters. The summed E-state index contributed by atoms with van der Waals surface area (Å²) in [5.74, 6) is 0.0206. The molecule has 0 bridgehead atoms. The summed E-state index contributed by atoms with van der Waals surface area (Å²) in [5.41, 5.74) is 4.18. The third-order valence-corrected chi connectivity index (χ3v) is 3.73. The van der Waals surface area contributed by atoms with Crippen LogP contribution >= 0.6 is 0 Å². The van der Waals surface area contributed by atoms with E-state index in [-0.39, 0.29) is 5.91 Å². The molecule has 2 aromatic carbocycles. The molecule has 2 N–H and O–H groups in total. The van der Waals surface area contributed by atoms with Crippen LogP contribution < -0.4 is 10.6 Å². The molecule has 2 aromatic rings. The van der Waals surface area contributed by atoms with Gasteiger partial charge in [-0.25, -0.2) is 0 Å². The van der Waals surface area contributed by atoms with Gasteiger partial charge in [-0.3, -0.25) is 4.79 Å². The minimum atomic E-state index is 0.0206. The van der Waals surface area contributed by atoms with Gasteiger partial charge >= 0.3 is 0 Å². The summed E-state index contributed by atoms with van der Waals surface area (Å²) in [7, 11) is 0. The fourth-order valence-electron chi connectivity index (χ4n) is 2.30. The Balaban J connectivity index is 1.57. The lowest BCUT2D eigenvalue weighted by atomic mass is 10.1. The molecule has 3 heteroatoms. The zero-order valence-corrected chi connectivity index (χ0v) is 12.2. The maximum absolute atomic E-state index is 12.1. The topological polar surface area (TPSA) is 41.1 Å². The van der Waals surface area contributed by atoms with Crippen LogP contribution in [-0.4, -0.2) is 11.9 Å². The Hall–Kier alpha value is -2.29. The van der Waals surface area contributed by atoms with Crippen LogP contribution in [0.4, 0.5) is 11.4 Å². The number of amides is 1. The van der Waals surface area contributed by atoms with Crippen molar-refractivity contribution in [3.63, 3.8) is 0 Å². The summed E-state index contributed by atoms with van der Waals surface area (Å²) >= 11 is 0. The van der Waals surface area contributed by atoms with E-state index in [1.165, 1.54) is 12.8 Å². The van der Waals surface area contributed by atoms with Crippen LogP contribution in [-0.2, 0) is 11.2 Å². The molecule has 0 unspecified atom stereocenters. The van der Waals surface area contributed by atoms with Gasteiger partial charge in [0.1, 0.15) is 0 Å². The van der Waals surface area contributed by atoms with Crippen molar-refractivity contribution in [3.8, 4) is 0 Å². The lowest BCUT2D eigenvalue weighted by molar-refractivity contribution is -0.115. The normalized spacial score (nSPS) is 13.8. The Morgan fingerprint density at radius 2 is 1.71 bits per heavy atom. The fraction of sp³-hybridized carbons (Fsp3) is 0.278. The van der Waals surface area contributed by atoms with Gasteiger partial charge in [0.05, 0.1) is 6.42 Å². The van der Waals surface area contributed by atoms with Gasteiger partial charge < -0.3 is 10.6 Å². The Bertz CT molecular complexity index is 630. The van der Waals surface area contributed by atoms with Crippen LogP contribution in [0.25, 0.3) is 0 Å². The van der Waals surface area contributed by atoms with Crippen molar-refractivity contribution in [3.05, 3.63) is 59.7 Å². The first-order valence-corrected chi connectivity index (χ1v) is 7.42. The Morgan fingerprint density at radius 3 is 2.38 bits per heavy atom. The molecule has 1 fully saturated rings. The average Bonchev–Trinajstić information content (AvgIpc) is 3.28. The van der Waals surface area contributed by atoms with Crippen molar-refractivity contribution in [2.24, 2.45) is 0 Å². The summed E-state index contributed by atoms with van der Waals surface area (Å²) in [6, 6.07) is 16.5. The maximum atomic E-state index is 12.1. The molecule has 1 aliphatic rings. The van der Waals surface area contributed by atoms with Gasteiger partial charge in [0.25, 0.3) is 0 Å². The second-order valence-electron chi connectivity index (χ2n) is 5.65. The lowest BCUT2D eigenvalue weighted by Crippen LogP contribution is -2.15. The highest BCUT2D eigenvalue weighted by Crippen LogP contribution is 2.25. The second-order valence-corrected chi connectivity index (χ2v) is 5.65. The summed E-state index contributed by atoms with van der Waals surface area (Å²) in [6.07, 6.45) is 2.93. The molecular formula is C18H20N2O. The average molecular weight is 280 g/mol. The van der Waals surface area contributed by atoms with Gasteiger partial charge in [0, 0.05) is 17.4 Å². The van der Waals surface area contributed by atoms with Crippen LogP contribution in [0.1, 0.15) is 24.0 Å². The van der Waals surface area contributed by atoms with E-state index in [1.807, 2.05) is 55.5 Å². The highest BCUT2D eigenvalue weighted by atomic mass is 16.1. The van der Waals surface area contributed by atoms with E-state index in [9.17, 15) is 4.79 Å². The molecule has 1 amide bonds. The van der Waals surface area contributed by atoms with Crippen LogP contribution in [0, 0.1) is 6.92 Å². The number of benzene rings is 2. The van der Waals surface area contributed by atoms with E-state index >= 15 is 0 Å². The zero-order chi connectivity index (χ0) is 14.7. The van der Waals surface area contributed by atoms with Crippen molar-refractivity contribution < 1.29 is 4.79 Å². The predicted molar refractivity (Wildman–Crippen MR) is 86.6 cm³/mol. The van der Waals surface area contributed by atoms with Gasteiger partial charge in [-0.05, 0) is 55.2 Å². The standard InChI is InChI=1S/C18H20N2O/c1-13-4-2-3-5-14(13)12-18(21)20-17-10-8-16(9-11-17)19-15-6-7-15/h2-5,8-11,15,19H,6-7,12H2,1H3,(H,20,21). The smallest absolute Gasteiger partial charge is 0.228 e. The Kier molecular flexibility index (Phi) is 3.91. The molecule has 0 spiro atoms. The van der Waals surface area contributed by atoms with Crippen molar-refractivity contribution >= 4 is 17.3 Å². The summed E-state index contributed by atoms with van der Waals surface area (Å²) in [4.78, 5) is 12.1. The molecule has 1 saturated carbocycles. The number of aryl methyl sites for hydroxylation is 1. The third-order valence-electron chi connectivity index (χ3n) is 3.73. The largest absolute Gasteiger partial charge is 0.382 e. The Labute approximate surface area is 125 Å². The molecule has 0 radical (unpaired) electrons. The minimum Gasteiger partial charge on any atom is -0.382 e. The number of carbonyl (C=O) groups excluding carboxylic acids is 1. The van der Waals surface area contributed by atoms with Gasteiger partial charge in [-0.1, -0.05) is 24.3 Å². The third kappa shape index (κ3) is 3.85. The SMILES string of the molecule is Cc1ccccc1CC(=O)Nc1ccc(NC2CC2)cc1. The monoisotopic (exact) mass is 280 g/mol. The maximum Gasteiger partial charge on any atom is 0.228 e. The van der Waals surface area contributed by atoms with Crippen LogP contribution in [0.3, 0.4) is 0 Å². The van der Waals surface area contributed by atoms with Crippen molar-refractivity contribution in [1.82, 2.24) is 0 Å². The predicted octanol–water partition coefficient (Wildman–Crippen LogP) is 3.75. The number of rotatable bonds is 5. The highest BCUT2D eigenvalue weighted by Gasteiger charge is 2.20. The molecule has 0 heterocycles. The van der Waals surface area contributed by atoms with Crippen LogP contribution in [0.5, 0.6) is 0 Å². The first-order chi connectivity index (χ1) is 10.2. The van der Waals surface area contributed by atoms with Crippen LogP contribution in [0.15, 0.2) is 48.5 Å². The molecule has 3 rings (SSSR count). The number of hydrogen-bond acceptors (Lipinski definition) is 2. The van der Waals surface area contributed by atoms with E-state index < -0.39 is 0 Å². The first kappa shape index (κ1) is 13.7. The zero-order valence-electron chi connectivity index (χ0n) is 12.2. The van der Waals surface area contributed by atoms with Crippen molar-refractivity contribution in [2.45, 2.75) is 32.2 Å². The molecule has 108 valence electrons. The summed E-state index contributed by atoms with van der Waals surface area (Å²) < 4.78 is 0. The van der Waals surface area contributed by atoms with Crippen LogP contribution in [0.2, 0.25) is 0 Å². The number of nitrogens with one attached hydrogen (secondary N) is 2. The van der Waals surface area contributed by atoms with E-state index in [4.69, 9.17) is 0 Å². The quantitative estimate of drug-likeness (QED) is 0.875. The highest BCUT2D eigenvalue weighted by molar-refractivity contribution is 5.92. The number of carbonyl (C=O) groups is 1. The van der Waals surface area contributed by atoms with Gasteiger partial charge in [-0.2, -0.15) is 0 Å². The van der Waals surface area contributed by atoms with Gasteiger partial charge in [-0.15, -0.1) is 0 Å². The van der Waals surface area contributed by atoms with Crippen molar-refractivity contribution in [2.75, 3.05) is 10.6 Å². The van der Waals surface area contributed by atoms with Crippen molar-refractivity contribution in [1.29, 1.82) is 0 Å². The molecule has 0 aliphatic heterocycles. The number of anilines is 2. The molecular weight excluding hydrogens is 260 g/mol. The second kappa shape index (κ2) is 6.00. The van der Waals surface area contributed by atoms with E-state index in [2.05, 4.69) is 10.6 Å². The minimum absolute atomic E-state index is 0.0206. The molecule has 1 aliphatic carbocycles. The number of hydrogen-bond donors (Lipinski definition) is 2. The Morgan fingerprint density at radius 1 is 1.05 bits per heavy atom. The van der Waals surface area contributed by atoms with Gasteiger partial charge in [0.2, 0.25) is 5.91 Å². The van der Waals surface area contributed by atoms with E-state index in [0.717, 1.165) is 22.5 Å². The molecule has 21 heavy (non-hydrogen) atoms. The van der Waals surface area contributed by atoms with E-state index in [0.29, 0.717) is 12.5 Å².